The van der Waals surface area contributed by atoms with Gasteiger partial charge in [0.25, 0.3) is 0 Å². The van der Waals surface area contributed by atoms with Gasteiger partial charge in [-0.3, -0.25) is 0 Å². The standard InChI is InChI=1S/C16H16N2O3/c1-11-7-5-6-10-13(11)17-16(21)18-14(15(19)20)12-8-3-2-4-9-12/h2-10,14H,1H3,(H,19,20)(H2,17,18,21)/t14-/m1/s1. The summed E-state index contributed by atoms with van der Waals surface area (Å²) in [4.78, 5) is 23.3. The molecular weight excluding hydrogens is 268 g/mol. The number of urea groups is 1. The SMILES string of the molecule is Cc1ccccc1NC(=O)N[C@@H](C(=O)O)c1ccccc1. The third kappa shape index (κ3) is 3.82. The molecule has 0 radical (unpaired) electrons. The van der Waals surface area contributed by atoms with Crippen LogP contribution in [0.25, 0.3) is 0 Å². The minimum Gasteiger partial charge on any atom is -0.479 e. The Morgan fingerprint density at radius 3 is 2.24 bits per heavy atom. The van der Waals surface area contributed by atoms with E-state index in [2.05, 4.69) is 10.6 Å². The van der Waals surface area contributed by atoms with E-state index in [1.54, 1.807) is 42.5 Å². The summed E-state index contributed by atoms with van der Waals surface area (Å²) in [6.07, 6.45) is 0. The molecule has 2 aromatic rings. The highest BCUT2D eigenvalue weighted by Gasteiger charge is 2.21. The fourth-order valence-corrected chi connectivity index (χ4v) is 1.94. The van der Waals surface area contributed by atoms with E-state index in [1.165, 1.54) is 0 Å². The van der Waals surface area contributed by atoms with Gasteiger partial charge in [0.05, 0.1) is 0 Å². The zero-order valence-electron chi connectivity index (χ0n) is 11.5. The first-order valence-corrected chi connectivity index (χ1v) is 6.49. The van der Waals surface area contributed by atoms with Crippen molar-refractivity contribution in [3.05, 3.63) is 65.7 Å². The molecule has 0 saturated carbocycles. The van der Waals surface area contributed by atoms with Gasteiger partial charge in [0.15, 0.2) is 6.04 Å². The van der Waals surface area contributed by atoms with Gasteiger partial charge in [0.2, 0.25) is 0 Å². The highest BCUT2D eigenvalue weighted by atomic mass is 16.4. The summed E-state index contributed by atoms with van der Waals surface area (Å²) in [5.41, 5.74) is 2.07. The van der Waals surface area contributed by atoms with E-state index in [4.69, 9.17) is 0 Å². The number of carbonyl (C=O) groups is 2. The Kier molecular flexibility index (Phi) is 4.56. The zero-order chi connectivity index (χ0) is 15.2. The number of hydrogen-bond acceptors (Lipinski definition) is 2. The molecule has 2 aromatic carbocycles. The molecule has 0 fully saturated rings. The third-order valence-electron chi connectivity index (χ3n) is 3.05. The van der Waals surface area contributed by atoms with Gasteiger partial charge in [-0.05, 0) is 24.1 Å². The number of hydrogen-bond donors (Lipinski definition) is 3. The molecule has 0 spiro atoms. The summed E-state index contributed by atoms with van der Waals surface area (Å²) < 4.78 is 0. The van der Waals surface area contributed by atoms with Crippen molar-refractivity contribution in [1.29, 1.82) is 0 Å². The number of rotatable bonds is 4. The Morgan fingerprint density at radius 2 is 1.62 bits per heavy atom. The summed E-state index contributed by atoms with van der Waals surface area (Å²) in [7, 11) is 0. The highest BCUT2D eigenvalue weighted by Crippen LogP contribution is 2.15. The van der Waals surface area contributed by atoms with Crippen LogP contribution in [0.15, 0.2) is 54.6 Å². The second-order valence-electron chi connectivity index (χ2n) is 4.60. The molecule has 1 atom stereocenters. The lowest BCUT2D eigenvalue weighted by molar-refractivity contribution is -0.139. The molecule has 108 valence electrons. The number of amides is 2. The van der Waals surface area contributed by atoms with Crippen molar-refractivity contribution in [1.82, 2.24) is 5.32 Å². The van der Waals surface area contributed by atoms with Gasteiger partial charge in [-0.2, -0.15) is 0 Å². The number of carboxylic acids is 1. The summed E-state index contributed by atoms with van der Waals surface area (Å²) in [6, 6.07) is 14.2. The van der Waals surface area contributed by atoms with Gasteiger partial charge in [0, 0.05) is 5.69 Å². The van der Waals surface area contributed by atoms with Gasteiger partial charge in [-0.25, -0.2) is 9.59 Å². The first kappa shape index (κ1) is 14.6. The molecule has 0 aliphatic heterocycles. The van der Waals surface area contributed by atoms with E-state index < -0.39 is 18.0 Å². The number of nitrogens with one attached hydrogen (secondary N) is 2. The maximum absolute atomic E-state index is 12.0. The number of aryl methyl sites for hydroxylation is 1. The molecule has 0 aliphatic carbocycles. The second-order valence-corrected chi connectivity index (χ2v) is 4.60. The summed E-state index contributed by atoms with van der Waals surface area (Å²) in [6.45, 7) is 1.86. The van der Waals surface area contributed by atoms with Crippen LogP contribution in [0.1, 0.15) is 17.2 Å². The molecule has 0 heterocycles. The predicted octanol–water partition coefficient (Wildman–Crippen LogP) is 2.94. The Hall–Kier alpha value is -2.82. The molecule has 5 heteroatoms. The monoisotopic (exact) mass is 284 g/mol. The molecule has 21 heavy (non-hydrogen) atoms. The average Bonchev–Trinajstić information content (AvgIpc) is 2.48. The van der Waals surface area contributed by atoms with Gasteiger partial charge >= 0.3 is 12.0 Å². The minimum absolute atomic E-state index is 0.518. The first-order valence-electron chi connectivity index (χ1n) is 6.49. The Bertz CT molecular complexity index is 641. The highest BCUT2D eigenvalue weighted by molar-refractivity contribution is 5.93. The fourth-order valence-electron chi connectivity index (χ4n) is 1.94. The van der Waals surface area contributed by atoms with Crippen molar-refractivity contribution >= 4 is 17.7 Å². The van der Waals surface area contributed by atoms with Crippen molar-refractivity contribution in [2.45, 2.75) is 13.0 Å². The van der Waals surface area contributed by atoms with Crippen LogP contribution in [0.5, 0.6) is 0 Å². The molecule has 2 amide bonds. The molecular formula is C16H16N2O3. The van der Waals surface area contributed by atoms with E-state index in [9.17, 15) is 14.7 Å². The smallest absolute Gasteiger partial charge is 0.330 e. The summed E-state index contributed by atoms with van der Waals surface area (Å²) in [5, 5.41) is 14.4. The quantitative estimate of drug-likeness (QED) is 0.807. The van der Waals surface area contributed by atoms with Crippen molar-refractivity contribution in [3.8, 4) is 0 Å². The van der Waals surface area contributed by atoms with Crippen molar-refractivity contribution < 1.29 is 14.7 Å². The minimum atomic E-state index is -1.11. The van der Waals surface area contributed by atoms with Crippen LogP contribution in [-0.2, 0) is 4.79 Å². The van der Waals surface area contributed by atoms with Crippen LogP contribution in [-0.4, -0.2) is 17.1 Å². The Balaban J connectivity index is 2.10. The third-order valence-corrected chi connectivity index (χ3v) is 3.05. The van der Waals surface area contributed by atoms with Crippen molar-refractivity contribution in [3.63, 3.8) is 0 Å². The Labute approximate surface area is 122 Å². The largest absolute Gasteiger partial charge is 0.479 e. The molecule has 0 aromatic heterocycles. The van der Waals surface area contributed by atoms with Crippen LogP contribution < -0.4 is 10.6 Å². The second kappa shape index (κ2) is 6.56. The van der Waals surface area contributed by atoms with Crippen LogP contribution >= 0.6 is 0 Å². The van der Waals surface area contributed by atoms with E-state index in [1.807, 2.05) is 19.1 Å². The van der Waals surface area contributed by atoms with E-state index in [0.717, 1.165) is 5.56 Å². The normalized spacial score (nSPS) is 11.5. The average molecular weight is 284 g/mol. The number of anilines is 1. The molecule has 2 rings (SSSR count). The van der Waals surface area contributed by atoms with E-state index in [-0.39, 0.29) is 0 Å². The van der Waals surface area contributed by atoms with Gasteiger partial charge < -0.3 is 15.7 Å². The number of benzene rings is 2. The summed E-state index contributed by atoms with van der Waals surface area (Å²) in [5.74, 6) is -1.11. The number of carbonyl (C=O) groups excluding carboxylic acids is 1. The van der Waals surface area contributed by atoms with Gasteiger partial charge in [-0.1, -0.05) is 48.5 Å². The van der Waals surface area contributed by atoms with Crippen molar-refractivity contribution in [2.75, 3.05) is 5.32 Å². The van der Waals surface area contributed by atoms with Crippen LogP contribution in [0.4, 0.5) is 10.5 Å². The van der Waals surface area contributed by atoms with Crippen LogP contribution in [0.2, 0.25) is 0 Å². The van der Waals surface area contributed by atoms with E-state index in [0.29, 0.717) is 11.3 Å². The number of aliphatic carboxylic acids is 1. The first-order chi connectivity index (χ1) is 10.1. The molecule has 5 nitrogen and oxygen atoms in total. The maximum Gasteiger partial charge on any atom is 0.330 e. The lowest BCUT2D eigenvalue weighted by atomic mass is 10.1. The molecule has 0 aliphatic rings. The predicted molar refractivity (Wildman–Crippen MR) is 80.2 cm³/mol. The topological polar surface area (TPSA) is 78.4 Å². The lowest BCUT2D eigenvalue weighted by Crippen LogP contribution is -2.36. The fraction of sp³-hybridized carbons (Fsp3) is 0.125. The summed E-state index contributed by atoms with van der Waals surface area (Å²) >= 11 is 0. The molecule has 0 unspecified atom stereocenters. The van der Waals surface area contributed by atoms with Crippen molar-refractivity contribution in [2.24, 2.45) is 0 Å². The number of para-hydroxylation sites is 1. The lowest BCUT2D eigenvalue weighted by Gasteiger charge is -2.16. The number of carboxylic acid groups (broad SMARTS) is 1. The zero-order valence-corrected chi connectivity index (χ0v) is 11.5. The van der Waals surface area contributed by atoms with E-state index >= 15 is 0 Å². The molecule has 0 bridgehead atoms. The molecule has 0 saturated heterocycles. The van der Waals surface area contributed by atoms with Gasteiger partial charge in [0.1, 0.15) is 0 Å². The Morgan fingerprint density at radius 1 is 1.00 bits per heavy atom. The van der Waals surface area contributed by atoms with Crippen LogP contribution in [0, 0.1) is 6.92 Å². The van der Waals surface area contributed by atoms with Crippen LogP contribution in [0.3, 0.4) is 0 Å². The maximum atomic E-state index is 12.0. The van der Waals surface area contributed by atoms with Gasteiger partial charge in [-0.15, -0.1) is 0 Å². The molecule has 3 N–H and O–H groups in total.